The van der Waals surface area contributed by atoms with E-state index in [-0.39, 0.29) is 16.8 Å². The third-order valence-corrected chi connectivity index (χ3v) is 1.63. The number of hydrogen-bond donors (Lipinski definition) is 1. The van der Waals surface area contributed by atoms with Crippen LogP contribution in [0.15, 0.2) is 11.0 Å². The van der Waals surface area contributed by atoms with Gasteiger partial charge in [0.1, 0.15) is 11.6 Å². The van der Waals surface area contributed by atoms with E-state index in [0.717, 1.165) is 6.20 Å². The minimum atomic E-state index is -0.647. The average Bonchev–Trinajstić information content (AvgIpc) is 2.04. The van der Waals surface area contributed by atoms with E-state index in [4.69, 9.17) is 5.26 Å². The second-order valence-corrected chi connectivity index (χ2v) is 2.37. The first kappa shape index (κ1) is 8.93. The maximum Gasteiger partial charge on any atom is 0.289 e. The summed E-state index contributed by atoms with van der Waals surface area (Å²) in [5.74, 6) is 0. The maximum absolute atomic E-state index is 10.9. The summed E-state index contributed by atoms with van der Waals surface area (Å²) in [6.45, 7) is 1.37. The van der Waals surface area contributed by atoms with Gasteiger partial charge in [-0.25, -0.2) is 0 Å². The molecule has 0 bridgehead atoms. The molecule has 0 radical (unpaired) electrons. The molecule has 1 aromatic rings. The fourth-order valence-electron chi connectivity index (χ4n) is 0.937. The van der Waals surface area contributed by atoms with Crippen LogP contribution in [0.25, 0.3) is 0 Å². The highest BCUT2D eigenvalue weighted by Gasteiger charge is 2.15. The molecule has 0 saturated heterocycles. The Morgan fingerprint density at radius 3 is 2.77 bits per heavy atom. The lowest BCUT2D eigenvalue weighted by Gasteiger charge is -1.96. The normalized spacial score (nSPS) is 9.23. The number of rotatable bonds is 1. The zero-order valence-corrected chi connectivity index (χ0v) is 6.70. The molecule has 1 heterocycles. The first-order chi connectivity index (χ1) is 6.07. The first-order valence-corrected chi connectivity index (χ1v) is 3.34. The molecule has 66 valence electrons. The average molecular weight is 179 g/mol. The summed E-state index contributed by atoms with van der Waals surface area (Å²) in [4.78, 5) is 22.8. The summed E-state index contributed by atoms with van der Waals surface area (Å²) >= 11 is 0. The molecule has 6 heteroatoms. The van der Waals surface area contributed by atoms with Crippen molar-refractivity contribution in [2.75, 3.05) is 0 Å². The predicted octanol–water partition coefficient (Wildman–Crippen LogP) is 0.463. The summed E-state index contributed by atoms with van der Waals surface area (Å²) in [5.41, 5.74) is -0.979. The van der Waals surface area contributed by atoms with Crippen LogP contribution in [0.4, 0.5) is 5.69 Å². The van der Waals surface area contributed by atoms with E-state index in [9.17, 15) is 14.9 Å². The predicted molar refractivity (Wildman–Crippen MR) is 43.2 cm³/mol. The third kappa shape index (κ3) is 1.39. The largest absolute Gasteiger partial charge is 0.322 e. The van der Waals surface area contributed by atoms with Crippen LogP contribution in [0, 0.1) is 28.4 Å². The third-order valence-electron chi connectivity index (χ3n) is 1.63. The van der Waals surface area contributed by atoms with Crippen LogP contribution in [0.5, 0.6) is 0 Å². The number of nitro groups is 1. The number of nitriles is 1. The van der Waals surface area contributed by atoms with Gasteiger partial charge in [-0.3, -0.25) is 14.9 Å². The van der Waals surface area contributed by atoms with Gasteiger partial charge in [0.2, 0.25) is 0 Å². The highest BCUT2D eigenvalue weighted by Crippen LogP contribution is 2.15. The fraction of sp³-hybridized carbons (Fsp3) is 0.143. The van der Waals surface area contributed by atoms with Crippen molar-refractivity contribution in [1.29, 1.82) is 5.26 Å². The van der Waals surface area contributed by atoms with E-state index in [1.165, 1.54) is 6.92 Å². The Hall–Kier alpha value is -2.16. The molecule has 0 aliphatic heterocycles. The summed E-state index contributed by atoms with van der Waals surface area (Å²) < 4.78 is 0. The summed E-state index contributed by atoms with van der Waals surface area (Å²) in [6.07, 6.45) is 0.985. The molecule has 13 heavy (non-hydrogen) atoms. The van der Waals surface area contributed by atoms with Crippen LogP contribution < -0.4 is 5.56 Å². The Morgan fingerprint density at radius 2 is 2.31 bits per heavy atom. The minimum absolute atomic E-state index is 0.0938. The zero-order valence-electron chi connectivity index (χ0n) is 6.70. The highest BCUT2D eigenvalue weighted by atomic mass is 16.6. The van der Waals surface area contributed by atoms with E-state index in [2.05, 4.69) is 4.98 Å². The fourth-order valence-corrected chi connectivity index (χ4v) is 0.937. The van der Waals surface area contributed by atoms with Gasteiger partial charge < -0.3 is 4.98 Å². The van der Waals surface area contributed by atoms with E-state index < -0.39 is 10.5 Å². The van der Waals surface area contributed by atoms with Gasteiger partial charge in [-0.05, 0) is 6.92 Å². The van der Waals surface area contributed by atoms with Crippen molar-refractivity contribution in [3.8, 4) is 6.07 Å². The molecule has 0 aliphatic carbocycles. The summed E-state index contributed by atoms with van der Waals surface area (Å²) in [6, 6.07) is 1.61. The van der Waals surface area contributed by atoms with Gasteiger partial charge in [0.15, 0.2) is 0 Å². The van der Waals surface area contributed by atoms with Gasteiger partial charge in [0, 0.05) is 0 Å². The Labute approximate surface area is 72.6 Å². The molecule has 0 aromatic carbocycles. The van der Waals surface area contributed by atoms with Gasteiger partial charge >= 0.3 is 0 Å². The Bertz CT molecular complexity index is 455. The molecule has 0 atom stereocenters. The van der Waals surface area contributed by atoms with Gasteiger partial charge in [0.05, 0.1) is 16.7 Å². The second kappa shape index (κ2) is 3.06. The van der Waals surface area contributed by atoms with Gasteiger partial charge in [-0.2, -0.15) is 5.26 Å². The summed E-state index contributed by atoms with van der Waals surface area (Å²) in [7, 11) is 0. The minimum Gasteiger partial charge on any atom is -0.322 e. The molecule has 0 unspecified atom stereocenters. The number of nitrogens with one attached hydrogen (secondary N) is 1. The van der Waals surface area contributed by atoms with Crippen LogP contribution in [0.3, 0.4) is 0 Å². The van der Waals surface area contributed by atoms with Crippen molar-refractivity contribution in [2.24, 2.45) is 0 Å². The van der Waals surface area contributed by atoms with Crippen molar-refractivity contribution in [1.82, 2.24) is 4.98 Å². The van der Waals surface area contributed by atoms with E-state index in [1.807, 2.05) is 0 Å². The number of pyridine rings is 1. The number of nitrogens with zero attached hydrogens (tertiary/aromatic N) is 2. The molecule has 1 rings (SSSR count). The van der Waals surface area contributed by atoms with E-state index >= 15 is 0 Å². The topological polar surface area (TPSA) is 99.8 Å². The molecule has 0 spiro atoms. The van der Waals surface area contributed by atoms with Crippen LogP contribution in [0.2, 0.25) is 0 Å². The van der Waals surface area contributed by atoms with Crippen molar-refractivity contribution in [3.05, 3.63) is 37.8 Å². The van der Waals surface area contributed by atoms with Crippen molar-refractivity contribution in [3.63, 3.8) is 0 Å². The van der Waals surface area contributed by atoms with Gasteiger partial charge in [-0.15, -0.1) is 0 Å². The molecular formula is C7H5N3O3. The SMILES string of the molecule is Cc1c([N+](=O)[O-])c[nH]c(=O)c1C#N. The lowest BCUT2D eigenvalue weighted by Crippen LogP contribution is -2.12. The highest BCUT2D eigenvalue weighted by molar-refractivity contribution is 5.46. The number of H-pyrrole nitrogens is 1. The van der Waals surface area contributed by atoms with Crippen LogP contribution in [-0.2, 0) is 0 Å². The monoisotopic (exact) mass is 179 g/mol. The van der Waals surface area contributed by atoms with Gasteiger partial charge in [-0.1, -0.05) is 0 Å². The number of aromatic nitrogens is 1. The molecule has 0 amide bonds. The molecule has 0 fully saturated rings. The second-order valence-electron chi connectivity index (χ2n) is 2.37. The molecule has 1 aromatic heterocycles. The van der Waals surface area contributed by atoms with Crippen molar-refractivity contribution >= 4 is 5.69 Å². The Kier molecular flexibility index (Phi) is 2.11. The number of aromatic amines is 1. The van der Waals surface area contributed by atoms with E-state index in [1.54, 1.807) is 6.07 Å². The molecule has 1 N–H and O–H groups in total. The van der Waals surface area contributed by atoms with Crippen LogP contribution in [-0.4, -0.2) is 9.91 Å². The van der Waals surface area contributed by atoms with Crippen molar-refractivity contribution in [2.45, 2.75) is 6.92 Å². The standard InChI is InChI=1S/C7H5N3O3/c1-4-5(2-8)7(11)9-3-6(4)10(12)13/h3H,1H3,(H,9,11). The maximum atomic E-state index is 10.9. The van der Waals surface area contributed by atoms with Crippen molar-refractivity contribution < 1.29 is 4.92 Å². The van der Waals surface area contributed by atoms with Crippen LogP contribution >= 0.6 is 0 Å². The molecule has 0 saturated carbocycles. The van der Waals surface area contributed by atoms with Crippen LogP contribution in [0.1, 0.15) is 11.1 Å². The molecular weight excluding hydrogens is 174 g/mol. The molecule has 0 aliphatic rings. The Balaban J connectivity index is 3.57. The molecule has 6 nitrogen and oxygen atoms in total. The summed E-state index contributed by atoms with van der Waals surface area (Å²) in [5, 5.41) is 18.9. The lowest BCUT2D eigenvalue weighted by atomic mass is 10.1. The number of hydrogen-bond acceptors (Lipinski definition) is 4. The van der Waals surface area contributed by atoms with E-state index in [0.29, 0.717) is 0 Å². The smallest absolute Gasteiger partial charge is 0.289 e. The Morgan fingerprint density at radius 1 is 1.69 bits per heavy atom. The lowest BCUT2D eigenvalue weighted by molar-refractivity contribution is -0.385. The van der Waals surface area contributed by atoms with Gasteiger partial charge in [0.25, 0.3) is 11.2 Å². The first-order valence-electron chi connectivity index (χ1n) is 3.34. The zero-order chi connectivity index (χ0) is 10.0. The quantitative estimate of drug-likeness (QED) is 0.500.